The van der Waals surface area contributed by atoms with Gasteiger partial charge >= 0.3 is 0 Å². The van der Waals surface area contributed by atoms with Gasteiger partial charge in [0.2, 0.25) is 0 Å². The number of carbonyl (C=O) groups is 1. The van der Waals surface area contributed by atoms with Gasteiger partial charge < -0.3 is 0 Å². The zero-order valence-corrected chi connectivity index (χ0v) is 7.16. The molecule has 1 fully saturated rings. The molecule has 1 aliphatic rings. The molecule has 1 aliphatic carbocycles. The van der Waals surface area contributed by atoms with Crippen LogP contribution in [0.25, 0.3) is 0 Å². The summed E-state index contributed by atoms with van der Waals surface area (Å²) in [7, 11) is 0. The van der Waals surface area contributed by atoms with Crippen molar-refractivity contribution in [3.63, 3.8) is 0 Å². The first-order valence-corrected chi connectivity index (χ1v) is 4.29. The molecule has 3 N–H and O–H groups in total. The van der Waals surface area contributed by atoms with E-state index in [1.54, 1.807) is 6.07 Å². The number of aromatic nitrogens is 1. The predicted molar refractivity (Wildman–Crippen MR) is 47.9 cm³/mol. The van der Waals surface area contributed by atoms with E-state index < -0.39 is 0 Å². The van der Waals surface area contributed by atoms with Gasteiger partial charge in [0, 0.05) is 11.6 Å². The van der Waals surface area contributed by atoms with Crippen molar-refractivity contribution in [1.82, 2.24) is 10.4 Å². The fraction of sp³-hybridized carbons (Fsp3) is 0.333. The highest BCUT2D eigenvalue weighted by atomic mass is 16.2. The summed E-state index contributed by atoms with van der Waals surface area (Å²) in [6.45, 7) is 0. The van der Waals surface area contributed by atoms with Gasteiger partial charge in [0.05, 0.1) is 0 Å². The molecule has 1 saturated carbocycles. The second-order valence-electron chi connectivity index (χ2n) is 3.20. The average Bonchev–Trinajstić information content (AvgIpc) is 3.00. The molecule has 0 saturated heterocycles. The minimum Gasteiger partial charge on any atom is -0.289 e. The van der Waals surface area contributed by atoms with Gasteiger partial charge in [-0.3, -0.25) is 10.2 Å². The Morgan fingerprint density at radius 3 is 2.92 bits per heavy atom. The molecule has 68 valence electrons. The van der Waals surface area contributed by atoms with Crippen molar-refractivity contribution in [3.05, 3.63) is 29.6 Å². The summed E-state index contributed by atoms with van der Waals surface area (Å²) in [4.78, 5) is 15.3. The highest BCUT2D eigenvalue weighted by Crippen LogP contribution is 2.38. The summed E-state index contributed by atoms with van der Waals surface area (Å²) in [6.07, 6.45) is 2.36. The van der Waals surface area contributed by atoms with Crippen LogP contribution >= 0.6 is 0 Å². The van der Waals surface area contributed by atoms with Crippen LogP contribution in [-0.2, 0) is 0 Å². The fourth-order valence-electron chi connectivity index (χ4n) is 1.26. The van der Waals surface area contributed by atoms with E-state index in [2.05, 4.69) is 10.4 Å². The van der Waals surface area contributed by atoms with E-state index in [0.717, 1.165) is 5.69 Å². The van der Waals surface area contributed by atoms with Crippen LogP contribution in [0.15, 0.2) is 18.2 Å². The molecule has 4 heteroatoms. The number of carbonyl (C=O) groups excluding carboxylic acids is 1. The molecule has 0 bridgehead atoms. The zero-order valence-electron chi connectivity index (χ0n) is 7.16. The third-order valence-corrected chi connectivity index (χ3v) is 2.13. The van der Waals surface area contributed by atoms with Crippen molar-refractivity contribution in [2.75, 3.05) is 0 Å². The number of nitrogen functional groups attached to an aromatic ring is 1. The number of nitrogens with one attached hydrogen (secondary N) is 1. The minimum absolute atomic E-state index is 0.331. The Labute approximate surface area is 76.1 Å². The molecule has 13 heavy (non-hydrogen) atoms. The third kappa shape index (κ3) is 1.67. The van der Waals surface area contributed by atoms with Crippen molar-refractivity contribution < 1.29 is 4.79 Å². The van der Waals surface area contributed by atoms with Crippen LogP contribution in [0.5, 0.6) is 0 Å². The summed E-state index contributed by atoms with van der Waals surface area (Å²) in [5.74, 6) is 5.24. The molecule has 1 heterocycles. The molecule has 0 radical (unpaired) electrons. The van der Waals surface area contributed by atoms with Crippen molar-refractivity contribution in [3.8, 4) is 0 Å². The molecule has 0 atom stereocenters. The van der Waals surface area contributed by atoms with Crippen LogP contribution in [0.4, 0.5) is 0 Å². The Balaban J connectivity index is 2.26. The van der Waals surface area contributed by atoms with Crippen molar-refractivity contribution in [1.29, 1.82) is 0 Å². The lowest BCUT2D eigenvalue weighted by molar-refractivity contribution is 0.0948. The van der Waals surface area contributed by atoms with Crippen LogP contribution in [0.1, 0.15) is 34.9 Å². The maximum atomic E-state index is 11.1. The molecule has 1 amide bonds. The van der Waals surface area contributed by atoms with Gasteiger partial charge in [-0.2, -0.15) is 0 Å². The highest BCUT2D eigenvalue weighted by Gasteiger charge is 2.25. The first kappa shape index (κ1) is 8.19. The predicted octanol–water partition coefficient (Wildman–Crippen LogP) is 0.562. The molecular weight excluding hydrogens is 166 g/mol. The highest BCUT2D eigenvalue weighted by molar-refractivity contribution is 5.91. The molecule has 0 aliphatic heterocycles. The van der Waals surface area contributed by atoms with Gasteiger partial charge in [-0.25, -0.2) is 10.8 Å². The number of hydrogen-bond acceptors (Lipinski definition) is 3. The van der Waals surface area contributed by atoms with E-state index in [1.165, 1.54) is 12.8 Å². The van der Waals surface area contributed by atoms with Crippen molar-refractivity contribution in [2.45, 2.75) is 18.8 Å². The lowest BCUT2D eigenvalue weighted by Crippen LogP contribution is -2.30. The van der Waals surface area contributed by atoms with Gasteiger partial charge in [-0.1, -0.05) is 6.07 Å². The van der Waals surface area contributed by atoms with E-state index in [-0.39, 0.29) is 5.91 Å². The summed E-state index contributed by atoms with van der Waals surface area (Å²) < 4.78 is 0. The third-order valence-electron chi connectivity index (χ3n) is 2.13. The second-order valence-corrected chi connectivity index (χ2v) is 3.20. The van der Waals surface area contributed by atoms with E-state index >= 15 is 0 Å². The monoisotopic (exact) mass is 177 g/mol. The lowest BCUT2D eigenvalue weighted by Gasteiger charge is -2.01. The molecule has 1 aromatic rings. The number of nitrogens with two attached hydrogens (primary N) is 1. The van der Waals surface area contributed by atoms with Gasteiger partial charge in [-0.15, -0.1) is 0 Å². The normalized spacial score (nSPS) is 15.5. The molecule has 0 unspecified atom stereocenters. The number of hydrazine groups is 1. The minimum atomic E-state index is -0.331. The van der Waals surface area contributed by atoms with Gasteiger partial charge in [0.1, 0.15) is 5.69 Å². The van der Waals surface area contributed by atoms with Crippen molar-refractivity contribution in [2.24, 2.45) is 5.84 Å². The first-order chi connectivity index (χ1) is 6.31. The maximum Gasteiger partial charge on any atom is 0.283 e. The number of hydrogen-bond donors (Lipinski definition) is 2. The van der Waals surface area contributed by atoms with Crippen LogP contribution in [0.2, 0.25) is 0 Å². The summed E-state index contributed by atoms with van der Waals surface area (Å²) in [5, 5.41) is 0. The largest absolute Gasteiger partial charge is 0.289 e. The zero-order chi connectivity index (χ0) is 9.26. The van der Waals surface area contributed by atoms with Crippen LogP contribution < -0.4 is 11.3 Å². The Kier molecular flexibility index (Phi) is 1.98. The molecule has 0 spiro atoms. The molecule has 2 rings (SSSR count). The maximum absolute atomic E-state index is 11.1. The molecule has 1 aromatic heterocycles. The first-order valence-electron chi connectivity index (χ1n) is 4.29. The van der Waals surface area contributed by atoms with E-state index in [1.807, 2.05) is 12.1 Å². The van der Waals surface area contributed by atoms with Crippen LogP contribution in [0.3, 0.4) is 0 Å². The van der Waals surface area contributed by atoms with Crippen molar-refractivity contribution >= 4 is 5.91 Å². The average molecular weight is 177 g/mol. The Morgan fingerprint density at radius 2 is 2.31 bits per heavy atom. The topological polar surface area (TPSA) is 68.0 Å². The molecule has 4 nitrogen and oxygen atoms in total. The van der Waals surface area contributed by atoms with Crippen LogP contribution in [0, 0.1) is 0 Å². The molecule has 0 aromatic carbocycles. The SMILES string of the molecule is NNC(=O)c1cccc(C2CC2)n1. The van der Waals surface area contributed by atoms with E-state index in [9.17, 15) is 4.79 Å². The van der Waals surface area contributed by atoms with Gasteiger partial charge in [0.25, 0.3) is 5.91 Å². The fourth-order valence-corrected chi connectivity index (χ4v) is 1.26. The summed E-state index contributed by atoms with van der Waals surface area (Å²) in [5.41, 5.74) is 3.46. The Hall–Kier alpha value is -1.42. The Bertz CT molecular complexity index is 333. The van der Waals surface area contributed by atoms with E-state index in [4.69, 9.17) is 5.84 Å². The quantitative estimate of drug-likeness (QED) is 0.394. The smallest absolute Gasteiger partial charge is 0.283 e. The van der Waals surface area contributed by atoms with Crippen LogP contribution in [-0.4, -0.2) is 10.9 Å². The van der Waals surface area contributed by atoms with E-state index in [0.29, 0.717) is 11.6 Å². The van der Waals surface area contributed by atoms with Gasteiger partial charge in [0.15, 0.2) is 0 Å². The summed E-state index contributed by atoms with van der Waals surface area (Å²) in [6, 6.07) is 5.45. The second kappa shape index (κ2) is 3.14. The molecular formula is C9H11N3O. The van der Waals surface area contributed by atoms with Gasteiger partial charge in [-0.05, 0) is 25.0 Å². The number of nitrogens with zero attached hydrogens (tertiary/aromatic N) is 1. The Morgan fingerprint density at radius 1 is 1.54 bits per heavy atom. The summed E-state index contributed by atoms with van der Waals surface area (Å²) >= 11 is 0. The number of rotatable bonds is 2. The number of amides is 1. The number of pyridine rings is 1. The standard InChI is InChI=1S/C9H11N3O/c10-12-9(13)8-3-1-2-7(11-8)6-4-5-6/h1-3,6H,4-5,10H2,(H,12,13). The lowest BCUT2D eigenvalue weighted by atomic mass is 10.2.